The minimum absolute atomic E-state index is 0.00525. The molecule has 1 fully saturated rings. The fraction of sp³-hybridized carbons (Fsp3) is 0.462. The smallest absolute Gasteiger partial charge is 0.407 e. The Morgan fingerprint density at radius 1 is 1.40 bits per heavy atom. The van der Waals surface area contributed by atoms with Gasteiger partial charge in [0.15, 0.2) is 0 Å². The Hall–Kier alpha value is -1.99. The second-order valence-corrected chi connectivity index (χ2v) is 4.71. The lowest BCUT2D eigenvalue weighted by Gasteiger charge is -2.37. The third-order valence-electron chi connectivity index (χ3n) is 3.13. The van der Waals surface area contributed by atoms with E-state index >= 15 is 0 Å². The predicted molar refractivity (Wildman–Crippen MR) is 71.0 cm³/mol. The molecule has 0 aliphatic carbocycles. The van der Waals surface area contributed by atoms with Crippen molar-refractivity contribution in [1.82, 2.24) is 10.2 Å². The van der Waals surface area contributed by atoms with Crippen LogP contribution >= 0.6 is 0 Å². The fourth-order valence-corrected chi connectivity index (χ4v) is 1.89. The number of aliphatic hydroxyl groups excluding tert-OH is 1. The van der Waals surface area contributed by atoms with E-state index in [0.29, 0.717) is 18.8 Å². The Morgan fingerprint density at radius 3 is 2.55 bits per heavy atom. The van der Waals surface area contributed by atoms with E-state index in [1.807, 2.05) is 0 Å². The first-order valence-corrected chi connectivity index (χ1v) is 6.36. The fourth-order valence-electron chi connectivity index (χ4n) is 1.89. The lowest BCUT2D eigenvalue weighted by atomic mass is 10.1. The van der Waals surface area contributed by atoms with Crippen LogP contribution < -0.4 is 10.1 Å². The SMILES string of the molecule is O=C(O)N(C[C@H](O)COc1ccc(O)cc1)C1CNC1. The number of hydrogen-bond acceptors (Lipinski definition) is 5. The number of nitrogens with one attached hydrogen (secondary N) is 1. The standard InChI is InChI=1S/C13H18N2O5/c16-10-1-3-12(4-2-10)20-8-11(17)7-15(13(18)19)9-5-14-6-9/h1-4,9,11,14,16-17H,5-8H2,(H,18,19)/t11-/m0/s1. The lowest BCUT2D eigenvalue weighted by molar-refractivity contribution is 0.0413. The van der Waals surface area contributed by atoms with Gasteiger partial charge < -0.3 is 30.3 Å². The van der Waals surface area contributed by atoms with Crippen LogP contribution in [0.2, 0.25) is 0 Å². The number of benzene rings is 1. The molecule has 7 nitrogen and oxygen atoms in total. The molecule has 110 valence electrons. The van der Waals surface area contributed by atoms with Crippen molar-refractivity contribution in [2.24, 2.45) is 0 Å². The maximum Gasteiger partial charge on any atom is 0.407 e. The minimum atomic E-state index is -1.04. The van der Waals surface area contributed by atoms with Crippen LogP contribution in [0.15, 0.2) is 24.3 Å². The van der Waals surface area contributed by atoms with Crippen LogP contribution in [0.4, 0.5) is 4.79 Å². The molecule has 1 aromatic rings. The first-order valence-electron chi connectivity index (χ1n) is 6.36. The van der Waals surface area contributed by atoms with Crippen molar-refractivity contribution in [3.05, 3.63) is 24.3 Å². The topological polar surface area (TPSA) is 102 Å². The van der Waals surface area contributed by atoms with Gasteiger partial charge in [0, 0.05) is 13.1 Å². The Kier molecular flexibility index (Phi) is 4.65. The van der Waals surface area contributed by atoms with Crippen LogP contribution in [-0.2, 0) is 0 Å². The first-order chi connectivity index (χ1) is 9.56. The molecule has 1 heterocycles. The van der Waals surface area contributed by atoms with Crippen LogP contribution in [0, 0.1) is 0 Å². The zero-order valence-corrected chi connectivity index (χ0v) is 10.9. The minimum Gasteiger partial charge on any atom is -0.508 e. The molecule has 0 spiro atoms. The van der Waals surface area contributed by atoms with Gasteiger partial charge in [-0.1, -0.05) is 0 Å². The van der Waals surface area contributed by atoms with Gasteiger partial charge in [0.1, 0.15) is 24.2 Å². The van der Waals surface area contributed by atoms with E-state index < -0.39 is 12.2 Å². The summed E-state index contributed by atoms with van der Waals surface area (Å²) in [5, 5.41) is 31.1. The number of phenols is 1. The molecule has 2 rings (SSSR count). The lowest BCUT2D eigenvalue weighted by Crippen LogP contribution is -2.60. The average molecular weight is 282 g/mol. The molecule has 1 amide bonds. The number of amides is 1. The van der Waals surface area contributed by atoms with Crippen LogP contribution in [0.25, 0.3) is 0 Å². The van der Waals surface area contributed by atoms with Crippen molar-refractivity contribution < 1.29 is 24.9 Å². The monoisotopic (exact) mass is 282 g/mol. The highest BCUT2D eigenvalue weighted by atomic mass is 16.5. The molecule has 1 aliphatic rings. The summed E-state index contributed by atoms with van der Waals surface area (Å²) in [6.45, 7) is 1.23. The highest BCUT2D eigenvalue weighted by molar-refractivity contribution is 5.65. The summed E-state index contributed by atoms with van der Waals surface area (Å²) < 4.78 is 5.34. The quantitative estimate of drug-likeness (QED) is 0.589. The zero-order valence-electron chi connectivity index (χ0n) is 10.9. The molecule has 0 bridgehead atoms. The van der Waals surface area contributed by atoms with Crippen molar-refractivity contribution in [2.45, 2.75) is 12.1 Å². The molecule has 7 heteroatoms. The molecule has 1 atom stereocenters. The maximum absolute atomic E-state index is 11.1. The van der Waals surface area contributed by atoms with Crippen LogP contribution in [-0.4, -0.2) is 64.7 Å². The number of carbonyl (C=O) groups is 1. The van der Waals surface area contributed by atoms with Crippen molar-refractivity contribution in [2.75, 3.05) is 26.2 Å². The van der Waals surface area contributed by atoms with E-state index in [-0.39, 0.29) is 24.9 Å². The van der Waals surface area contributed by atoms with Gasteiger partial charge in [-0.05, 0) is 24.3 Å². The number of ether oxygens (including phenoxy) is 1. The predicted octanol–water partition coefficient (Wildman–Crippen LogP) is 0.0837. The van der Waals surface area contributed by atoms with Crippen LogP contribution in [0.5, 0.6) is 11.5 Å². The van der Waals surface area contributed by atoms with Crippen molar-refractivity contribution in [3.8, 4) is 11.5 Å². The molecular formula is C13H18N2O5. The summed E-state index contributed by atoms with van der Waals surface area (Å²) in [6.07, 6.45) is -1.94. The molecule has 1 aliphatic heterocycles. The maximum atomic E-state index is 11.1. The highest BCUT2D eigenvalue weighted by Crippen LogP contribution is 2.16. The van der Waals surface area contributed by atoms with Crippen molar-refractivity contribution in [3.63, 3.8) is 0 Å². The summed E-state index contributed by atoms with van der Waals surface area (Å²) in [5.41, 5.74) is 0. The van der Waals surface area contributed by atoms with Gasteiger partial charge in [-0.15, -0.1) is 0 Å². The molecule has 20 heavy (non-hydrogen) atoms. The van der Waals surface area contributed by atoms with Crippen molar-refractivity contribution in [1.29, 1.82) is 0 Å². The number of carboxylic acid groups (broad SMARTS) is 1. The Morgan fingerprint density at radius 2 is 2.05 bits per heavy atom. The van der Waals surface area contributed by atoms with Gasteiger partial charge in [-0.2, -0.15) is 0 Å². The third kappa shape index (κ3) is 3.75. The Bertz CT molecular complexity index is 447. The van der Waals surface area contributed by atoms with Crippen LogP contribution in [0.3, 0.4) is 0 Å². The number of aliphatic hydroxyl groups is 1. The summed E-state index contributed by atoms with van der Waals surface area (Å²) in [4.78, 5) is 12.3. The number of hydrogen-bond donors (Lipinski definition) is 4. The third-order valence-corrected chi connectivity index (χ3v) is 3.13. The van der Waals surface area contributed by atoms with E-state index in [1.165, 1.54) is 17.0 Å². The van der Waals surface area contributed by atoms with E-state index in [2.05, 4.69) is 5.32 Å². The highest BCUT2D eigenvalue weighted by Gasteiger charge is 2.29. The normalized spacial score (nSPS) is 16.2. The van der Waals surface area contributed by atoms with Gasteiger partial charge in [0.05, 0.1) is 12.6 Å². The second-order valence-electron chi connectivity index (χ2n) is 4.71. The van der Waals surface area contributed by atoms with Gasteiger partial charge in [-0.25, -0.2) is 4.79 Å². The Labute approximate surface area is 116 Å². The molecule has 0 saturated carbocycles. The number of aromatic hydroxyl groups is 1. The summed E-state index contributed by atoms with van der Waals surface area (Å²) in [5.74, 6) is 0.640. The van der Waals surface area contributed by atoms with Gasteiger partial charge >= 0.3 is 6.09 Å². The molecule has 0 radical (unpaired) electrons. The van der Waals surface area contributed by atoms with E-state index in [0.717, 1.165) is 0 Å². The summed E-state index contributed by atoms with van der Waals surface area (Å²) >= 11 is 0. The van der Waals surface area contributed by atoms with Gasteiger partial charge in [0.2, 0.25) is 0 Å². The molecular weight excluding hydrogens is 264 g/mol. The molecule has 0 unspecified atom stereocenters. The number of nitrogens with zero attached hydrogens (tertiary/aromatic N) is 1. The number of rotatable bonds is 6. The zero-order chi connectivity index (χ0) is 14.5. The largest absolute Gasteiger partial charge is 0.508 e. The summed E-state index contributed by atoms with van der Waals surface area (Å²) in [6, 6.07) is 6.02. The molecule has 1 saturated heterocycles. The van der Waals surface area contributed by atoms with E-state index in [1.54, 1.807) is 12.1 Å². The van der Waals surface area contributed by atoms with E-state index in [9.17, 15) is 9.90 Å². The van der Waals surface area contributed by atoms with E-state index in [4.69, 9.17) is 14.9 Å². The molecule has 4 N–H and O–H groups in total. The summed E-state index contributed by atoms with van der Waals surface area (Å²) in [7, 11) is 0. The van der Waals surface area contributed by atoms with Crippen molar-refractivity contribution >= 4 is 6.09 Å². The molecule has 0 aromatic heterocycles. The number of phenolic OH excluding ortho intramolecular Hbond substituents is 1. The second kappa shape index (κ2) is 6.44. The molecule has 1 aromatic carbocycles. The van der Waals surface area contributed by atoms with Gasteiger partial charge in [0.25, 0.3) is 0 Å². The average Bonchev–Trinajstić information content (AvgIpc) is 2.35. The van der Waals surface area contributed by atoms with Crippen LogP contribution in [0.1, 0.15) is 0 Å². The first kappa shape index (κ1) is 14.4. The Balaban J connectivity index is 1.80. The van der Waals surface area contributed by atoms with Gasteiger partial charge in [-0.3, -0.25) is 0 Å².